The molecule has 4 nitrogen and oxygen atoms in total. The Bertz CT molecular complexity index is 960. The van der Waals surface area contributed by atoms with Crippen molar-refractivity contribution >= 4 is 5.91 Å². The fourth-order valence-electron chi connectivity index (χ4n) is 4.55. The summed E-state index contributed by atoms with van der Waals surface area (Å²) in [5, 5.41) is 22.7. The monoisotopic (exact) mass is 415 g/mol. The van der Waals surface area contributed by atoms with E-state index in [2.05, 4.69) is 17.4 Å². The van der Waals surface area contributed by atoms with E-state index in [4.69, 9.17) is 0 Å². The fourth-order valence-corrected chi connectivity index (χ4v) is 4.55. The summed E-state index contributed by atoms with van der Waals surface area (Å²) in [4.78, 5) is 12.7. The van der Waals surface area contributed by atoms with Crippen molar-refractivity contribution in [1.82, 2.24) is 5.32 Å². The minimum absolute atomic E-state index is 0.0796. The van der Waals surface area contributed by atoms with E-state index in [0.29, 0.717) is 6.54 Å². The second-order valence-electron chi connectivity index (χ2n) is 8.37. The van der Waals surface area contributed by atoms with E-state index in [1.807, 2.05) is 36.4 Å². The number of carbonyl (C=O) groups is 1. The second-order valence-corrected chi connectivity index (χ2v) is 8.37. The number of amides is 1. The summed E-state index contributed by atoms with van der Waals surface area (Å²) in [6.07, 6.45) is 5.47. The molecule has 3 aromatic carbocycles. The van der Waals surface area contributed by atoms with Gasteiger partial charge < -0.3 is 15.5 Å². The lowest BCUT2D eigenvalue weighted by Gasteiger charge is -2.24. The molecule has 0 radical (unpaired) electrons. The maximum atomic E-state index is 12.7. The predicted molar refractivity (Wildman–Crippen MR) is 122 cm³/mol. The topological polar surface area (TPSA) is 69.6 Å². The first-order valence-corrected chi connectivity index (χ1v) is 11.0. The molecule has 1 fully saturated rings. The van der Waals surface area contributed by atoms with Gasteiger partial charge in [0.2, 0.25) is 5.91 Å². The molecule has 0 bridgehead atoms. The van der Waals surface area contributed by atoms with Gasteiger partial charge in [0, 0.05) is 18.4 Å². The van der Waals surface area contributed by atoms with Crippen LogP contribution < -0.4 is 5.32 Å². The third-order valence-electron chi connectivity index (χ3n) is 6.25. The highest BCUT2D eigenvalue weighted by Gasteiger charge is 2.23. The Labute approximate surface area is 183 Å². The average Bonchev–Trinajstić information content (AvgIpc) is 2.81. The Kier molecular flexibility index (Phi) is 6.56. The van der Waals surface area contributed by atoms with E-state index in [9.17, 15) is 15.0 Å². The van der Waals surface area contributed by atoms with E-state index in [-0.39, 0.29) is 29.2 Å². The highest BCUT2D eigenvalue weighted by molar-refractivity contribution is 5.78. The molecule has 160 valence electrons. The van der Waals surface area contributed by atoms with Crippen molar-refractivity contribution in [2.75, 3.05) is 0 Å². The largest absolute Gasteiger partial charge is 0.508 e. The van der Waals surface area contributed by atoms with Crippen LogP contribution in [0.1, 0.15) is 60.3 Å². The Balaban J connectivity index is 1.64. The summed E-state index contributed by atoms with van der Waals surface area (Å²) < 4.78 is 0. The number of phenolic OH excluding ortho intramolecular Hbond substituents is 2. The summed E-state index contributed by atoms with van der Waals surface area (Å²) in [6.45, 7) is 0.484. The number of hydrogen-bond donors (Lipinski definition) is 3. The zero-order valence-electron chi connectivity index (χ0n) is 17.6. The molecular formula is C27H29NO3. The third kappa shape index (κ3) is 5.08. The molecule has 0 aliphatic heterocycles. The van der Waals surface area contributed by atoms with E-state index < -0.39 is 0 Å². The molecule has 4 heteroatoms. The van der Waals surface area contributed by atoms with Crippen LogP contribution in [0.25, 0.3) is 0 Å². The van der Waals surface area contributed by atoms with Crippen LogP contribution in [0.3, 0.4) is 0 Å². The zero-order chi connectivity index (χ0) is 21.6. The van der Waals surface area contributed by atoms with Crippen molar-refractivity contribution in [3.05, 3.63) is 95.1 Å². The van der Waals surface area contributed by atoms with Crippen molar-refractivity contribution in [2.24, 2.45) is 5.92 Å². The van der Waals surface area contributed by atoms with Crippen molar-refractivity contribution < 1.29 is 15.0 Å². The number of hydrogen-bond acceptors (Lipinski definition) is 3. The van der Waals surface area contributed by atoms with Crippen LogP contribution >= 0.6 is 0 Å². The summed E-state index contributed by atoms with van der Waals surface area (Å²) in [5.74, 6) is 0.651. The van der Waals surface area contributed by atoms with Crippen LogP contribution in [-0.4, -0.2) is 16.1 Å². The molecule has 1 amide bonds. The summed E-state index contributed by atoms with van der Waals surface area (Å²) in [7, 11) is 0. The van der Waals surface area contributed by atoms with Crippen LogP contribution in [-0.2, 0) is 11.3 Å². The Morgan fingerprint density at radius 2 is 1.35 bits per heavy atom. The standard InChI is InChI=1S/C27H29NO3/c29-23-14-10-19(11-15-23)26(20-12-16-24(30)17-13-20)25-9-5-4-8-22(25)18-28-27(31)21-6-2-1-3-7-21/h4-5,8-17,21,26,29-30H,1-3,6-7,18H2,(H,28,31). The molecule has 1 saturated carbocycles. The molecule has 0 saturated heterocycles. The molecule has 1 aliphatic carbocycles. The van der Waals surface area contributed by atoms with Gasteiger partial charge >= 0.3 is 0 Å². The van der Waals surface area contributed by atoms with Crippen molar-refractivity contribution in [1.29, 1.82) is 0 Å². The van der Waals surface area contributed by atoms with Gasteiger partial charge in [-0.2, -0.15) is 0 Å². The van der Waals surface area contributed by atoms with Crippen LogP contribution in [0.2, 0.25) is 0 Å². The van der Waals surface area contributed by atoms with Gasteiger partial charge in [0.25, 0.3) is 0 Å². The SMILES string of the molecule is O=C(NCc1ccccc1C(c1ccc(O)cc1)c1ccc(O)cc1)C1CCCCC1. The maximum absolute atomic E-state index is 12.7. The molecule has 3 N–H and O–H groups in total. The van der Waals surface area contributed by atoms with Gasteiger partial charge in [-0.25, -0.2) is 0 Å². The minimum atomic E-state index is -0.0796. The first kappa shape index (κ1) is 21.0. The van der Waals surface area contributed by atoms with Gasteiger partial charge in [-0.1, -0.05) is 67.8 Å². The summed E-state index contributed by atoms with van der Waals surface area (Å²) >= 11 is 0. The molecule has 4 rings (SSSR count). The molecule has 31 heavy (non-hydrogen) atoms. The predicted octanol–water partition coefficient (Wildman–Crippen LogP) is 5.47. The summed E-state index contributed by atoms with van der Waals surface area (Å²) in [5.41, 5.74) is 4.24. The molecular weight excluding hydrogens is 386 g/mol. The van der Waals surface area contributed by atoms with Gasteiger partial charge in [0.05, 0.1) is 0 Å². The Morgan fingerprint density at radius 3 is 1.94 bits per heavy atom. The van der Waals surface area contributed by atoms with Gasteiger partial charge in [-0.05, 0) is 59.4 Å². The number of aromatic hydroxyl groups is 2. The van der Waals surface area contributed by atoms with Crippen molar-refractivity contribution in [2.45, 2.75) is 44.6 Å². The number of phenols is 2. The average molecular weight is 416 g/mol. The zero-order valence-corrected chi connectivity index (χ0v) is 17.6. The van der Waals surface area contributed by atoms with Crippen LogP contribution in [0.15, 0.2) is 72.8 Å². The molecule has 0 spiro atoms. The Hall–Kier alpha value is -3.27. The molecule has 0 atom stereocenters. The van der Waals surface area contributed by atoms with Gasteiger partial charge in [-0.3, -0.25) is 4.79 Å². The van der Waals surface area contributed by atoms with Crippen LogP contribution in [0, 0.1) is 5.92 Å². The van der Waals surface area contributed by atoms with E-state index in [1.54, 1.807) is 24.3 Å². The highest BCUT2D eigenvalue weighted by atomic mass is 16.3. The van der Waals surface area contributed by atoms with Gasteiger partial charge in [-0.15, -0.1) is 0 Å². The smallest absolute Gasteiger partial charge is 0.223 e. The molecule has 0 unspecified atom stereocenters. The molecule has 1 aliphatic rings. The lowest BCUT2D eigenvalue weighted by Crippen LogP contribution is -2.31. The quantitative estimate of drug-likeness (QED) is 0.467. The number of benzene rings is 3. The number of carbonyl (C=O) groups excluding carboxylic acids is 1. The van der Waals surface area contributed by atoms with Crippen LogP contribution in [0.5, 0.6) is 11.5 Å². The second kappa shape index (κ2) is 9.69. The maximum Gasteiger partial charge on any atom is 0.223 e. The van der Waals surface area contributed by atoms with Crippen molar-refractivity contribution in [3.63, 3.8) is 0 Å². The third-order valence-corrected chi connectivity index (χ3v) is 6.25. The molecule has 0 heterocycles. The lowest BCUT2D eigenvalue weighted by molar-refractivity contribution is -0.126. The molecule has 0 aromatic heterocycles. The lowest BCUT2D eigenvalue weighted by atomic mass is 9.82. The van der Waals surface area contributed by atoms with Gasteiger partial charge in [0.15, 0.2) is 0 Å². The Morgan fingerprint density at radius 1 is 0.806 bits per heavy atom. The first-order chi connectivity index (χ1) is 15.1. The fraction of sp³-hybridized carbons (Fsp3) is 0.296. The number of nitrogens with one attached hydrogen (secondary N) is 1. The first-order valence-electron chi connectivity index (χ1n) is 11.0. The van der Waals surface area contributed by atoms with Crippen LogP contribution in [0.4, 0.5) is 0 Å². The normalized spacial score (nSPS) is 14.5. The minimum Gasteiger partial charge on any atom is -0.508 e. The van der Waals surface area contributed by atoms with E-state index in [1.165, 1.54) is 6.42 Å². The van der Waals surface area contributed by atoms with Gasteiger partial charge in [0.1, 0.15) is 11.5 Å². The van der Waals surface area contributed by atoms with E-state index >= 15 is 0 Å². The van der Waals surface area contributed by atoms with E-state index in [0.717, 1.165) is 47.9 Å². The number of rotatable bonds is 6. The van der Waals surface area contributed by atoms with Crippen molar-refractivity contribution in [3.8, 4) is 11.5 Å². The highest BCUT2D eigenvalue weighted by Crippen LogP contribution is 2.35. The molecule has 3 aromatic rings. The summed E-state index contributed by atoms with van der Waals surface area (Å²) in [6, 6.07) is 22.6.